The standard InChI is InChI=1S/C10H17BrN2O2/c1-8(11)7-13-9(14)10(15-2)3-5-12-6-4-10/h12H,1,3-7H2,2H3,(H,13,14). The minimum atomic E-state index is -0.659. The predicted octanol–water partition coefficient (Wildman–Crippen LogP) is 0.780. The second kappa shape index (κ2) is 5.63. The van der Waals surface area contributed by atoms with Crippen molar-refractivity contribution in [2.45, 2.75) is 18.4 Å². The summed E-state index contributed by atoms with van der Waals surface area (Å²) in [5, 5.41) is 6.01. The molecule has 1 fully saturated rings. The molecular formula is C10H17BrN2O2. The summed E-state index contributed by atoms with van der Waals surface area (Å²) < 4.78 is 6.14. The van der Waals surface area contributed by atoms with E-state index < -0.39 is 5.60 Å². The summed E-state index contributed by atoms with van der Waals surface area (Å²) in [5.74, 6) is -0.0490. The van der Waals surface area contributed by atoms with Gasteiger partial charge in [0.15, 0.2) is 0 Å². The first-order valence-electron chi connectivity index (χ1n) is 4.98. The molecule has 2 N–H and O–H groups in total. The monoisotopic (exact) mass is 276 g/mol. The average Bonchev–Trinajstić information content (AvgIpc) is 2.26. The molecule has 0 saturated carbocycles. The molecule has 0 atom stereocenters. The van der Waals surface area contributed by atoms with Gasteiger partial charge in [0.2, 0.25) is 0 Å². The second-order valence-electron chi connectivity index (χ2n) is 3.65. The number of hydrogen-bond donors (Lipinski definition) is 2. The maximum Gasteiger partial charge on any atom is 0.252 e. The summed E-state index contributed by atoms with van der Waals surface area (Å²) in [4.78, 5) is 11.9. The summed E-state index contributed by atoms with van der Waals surface area (Å²) in [6, 6.07) is 0. The molecule has 0 bridgehead atoms. The third-order valence-corrected chi connectivity index (χ3v) is 2.94. The van der Waals surface area contributed by atoms with Gasteiger partial charge in [0.1, 0.15) is 5.60 Å². The summed E-state index contributed by atoms with van der Waals surface area (Å²) in [6.45, 7) is 5.74. The molecule has 0 spiro atoms. The van der Waals surface area contributed by atoms with Crippen molar-refractivity contribution >= 4 is 21.8 Å². The van der Waals surface area contributed by atoms with Gasteiger partial charge in [0.25, 0.3) is 5.91 Å². The number of nitrogens with one attached hydrogen (secondary N) is 2. The van der Waals surface area contributed by atoms with Crippen LogP contribution in [0, 0.1) is 0 Å². The fraction of sp³-hybridized carbons (Fsp3) is 0.700. The molecular weight excluding hydrogens is 260 g/mol. The Bertz CT molecular complexity index is 250. The van der Waals surface area contributed by atoms with Crippen LogP contribution in [0.1, 0.15) is 12.8 Å². The maximum absolute atomic E-state index is 11.9. The van der Waals surface area contributed by atoms with Crippen molar-refractivity contribution in [3.8, 4) is 0 Å². The van der Waals surface area contributed by atoms with Gasteiger partial charge in [-0.05, 0) is 25.9 Å². The van der Waals surface area contributed by atoms with Gasteiger partial charge in [-0.3, -0.25) is 4.79 Å². The third-order valence-electron chi connectivity index (χ3n) is 2.66. The van der Waals surface area contributed by atoms with Crippen LogP contribution in [0.3, 0.4) is 0 Å². The van der Waals surface area contributed by atoms with Crippen molar-refractivity contribution in [1.82, 2.24) is 10.6 Å². The number of hydrogen-bond acceptors (Lipinski definition) is 3. The molecule has 1 aliphatic rings. The van der Waals surface area contributed by atoms with Gasteiger partial charge >= 0.3 is 0 Å². The van der Waals surface area contributed by atoms with E-state index in [1.807, 2.05) is 0 Å². The summed E-state index contributed by atoms with van der Waals surface area (Å²) in [5.41, 5.74) is -0.659. The predicted molar refractivity (Wildman–Crippen MR) is 62.9 cm³/mol. The molecule has 0 aliphatic carbocycles. The van der Waals surface area contributed by atoms with Crippen LogP contribution < -0.4 is 10.6 Å². The molecule has 0 aromatic carbocycles. The fourth-order valence-corrected chi connectivity index (χ4v) is 1.83. The number of methoxy groups -OCH3 is 1. The Morgan fingerprint density at radius 3 is 2.67 bits per heavy atom. The molecule has 1 heterocycles. The molecule has 0 aromatic heterocycles. The second-order valence-corrected chi connectivity index (χ2v) is 4.77. The zero-order valence-electron chi connectivity index (χ0n) is 8.94. The van der Waals surface area contributed by atoms with Crippen LogP contribution in [0.15, 0.2) is 11.1 Å². The van der Waals surface area contributed by atoms with E-state index in [0.717, 1.165) is 17.6 Å². The smallest absolute Gasteiger partial charge is 0.252 e. The lowest BCUT2D eigenvalue weighted by atomic mass is 9.91. The Labute approximate surface area is 98.6 Å². The maximum atomic E-state index is 11.9. The fourth-order valence-electron chi connectivity index (χ4n) is 1.69. The van der Waals surface area contributed by atoms with Gasteiger partial charge in [0.05, 0.1) is 0 Å². The average molecular weight is 277 g/mol. The highest BCUT2D eigenvalue weighted by molar-refractivity contribution is 9.11. The van der Waals surface area contributed by atoms with E-state index in [2.05, 4.69) is 33.1 Å². The van der Waals surface area contributed by atoms with E-state index in [9.17, 15) is 4.79 Å². The van der Waals surface area contributed by atoms with Crippen molar-refractivity contribution in [2.75, 3.05) is 26.7 Å². The number of piperidine rings is 1. The zero-order valence-corrected chi connectivity index (χ0v) is 10.5. The van der Waals surface area contributed by atoms with Crippen LogP contribution >= 0.6 is 15.9 Å². The SMILES string of the molecule is C=C(Br)CNC(=O)C1(OC)CCNCC1. The lowest BCUT2D eigenvalue weighted by Crippen LogP contribution is -2.54. The van der Waals surface area contributed by atoms with Crippen LogP contribution in [-0.2, 0) is 9.53 Å². The van der Waals surface area contributed by atoms with Gasteiger partial charge in [-0.15, -0.1) is 0 Å². The van der Waals surface area contributed by atoms with Gasteiger partial charge in [-0.1, -0.05) is 22.5 Å². The topological polar surface area (TPSA) is 50.4 Å². The van der Waals surface area contributed by atoms with Gasteiger partial charge in [0, 0.05) is 18.1 Å². The van der Waals surface area contributed by atoms with Gasteiger partial charge in [-0.25, -0.2) is 0 Å². The first-order valence-corrected chi connectivity index (χ1v) is 5.77. The zero-order chi connectivity index (χ0) is 11.3. The first-order chi connectivity index (χ1) is 7.10. The van der Waals surface area contributed by atoms with Crippen molar-refractivity contribution in [1.29, 1.82) is 0 Å². The van der Waals surface area contributed by atoms with Crippen LogP contribution in [0.25, 0.3) is 0 Å². The summed E-state index contributed by atoms with van der Waals surface area (Å²) >= 11 is 3.20. The minimum Gasteiger partial charge on any atom is -0.368 e. The van der Waals surface area contributed by atoms with E-state index in [-0.39, 0.29) is 5.91 Å². The molecule has 1 rings (SSSR count). The van der Waals surface area contributed by atoms with Gasteiger partial charge in [-0.2, -0.15) is 0 Å². The summed E-state index contributed by atoms with van der Waals surface area (Å²) in [6.07, 6.45) is 1.42. The van der Waals surface area contributed by atoms with Crippen molar-refractivity contribution in [3.63, 3.8) is 0 Å². The molecule has 4 nitrogen and oxygen atoms in total. The van der Waals surface area contributed by atoms with E-state index in [1.165, 1.54) is 0 Å². The van der Waals surface area contributed by atoms with E-state index >= 15 is 0 Å². The Hall–Kier alpha value is -0.390. The number of halogens is 1. The number of carbonyl (C=O) groups is 1. The molecule has 1 aliphatic heterocycles. The van der Waals surface area contributed by atoms with Crippen LogP contribution in [0.5, 0.6) is 0 Å². The minimum absolute atomic E-state index is 0.0490. The third kappa shape index (κ3) is 3.29. The molecule has 0 radical (unpaired) electrons. The van der Waals surface area contributed by atoms with Crippen LogP contribution in [-0.4, -0.2) is 38.3 Å². The van der Waals surface area contributed by atoms with Crippen LogP contribution in [0.4, 0.5) is 0 Å². The van der Waals surface area contributed by atoms with E-state index in [0.29, 0.717) is 19.4 Å². The highest BCUT2D eigenvalue weighted by Crippen LogP contribution is 2.22. The molecule has 0 unspecified atom stereocenters. The molecule has 5 heteroatoms. The Balaban J connectivity index is 2.55. The largest absolute Gasteiger partial charge is 0.368 e. The van der Waals surface area contributed by atoms with Crippen molar-refractivity contribution < 1.29 is 9.53 Å². The van der Waals surface area contributed by atoms with Gasteiger partial charge < -0.3 is 15.4 Å². The van der Waals surface area contributed by atoms with E-state index in [4.69, 9.17) is 4.74 Å². The highest BCUT2D eigenvalue weighted by atomic mass is 79.9. The quantitative estimate of drug-likeness (QED) is 0.798. The normalized spacial score (nSPS) is 19.6. The summed E-state index contributed by atoms with van der Waals surface area (Å²) in [7, 11) is 1.59. The molecule has 15 heavy (non-hydrogen) atoms. The van der Waals surface area contributed by atoms with E-state index in [1.54, 1.807) is 7.11 Å². The Morgan fingerprint density at radius 2 is 2.20 bits per heavy atom. The Morgan fingerprint density at radius 1 is 1.60 bits per heavy atom. The molecule has 1 amide bonds. The lowest BCUT2D eigenvalue weighted by Gasteiger charge is -2.34. The molecule has 86 valence electrons. The van der Waals surface area contributed by atoms with Crippen LogP contribution in [0.2, 0.25) is 0 Å². The first kappa shape index (κ1) is 12.7. The number of amides is 1. The number of carbonyl (C=O) groups excluding carboxylic acids is 1. The van der Waals surface area contributed by atoms with Crippen molar-refractivity contribution in [3.05, 3.63) is 11.1 Å². The lowest BCUT2D eigenvalue weighted by molar-refractivity contribution is -0.146. The number of ether oxygens (including phenoxy) is 1. The molecule has 1 saturated heterocycles. The highest BCUT2D eigenvalue weighted by Gasteiger charge is 2.39. The molecule has 0 aromatic rings. The number of rotatable bonds is 4. The van der Waals surface area contributed by atoms with Crippen molar-refractivity contribution in [2.24, 2.45) is 0 Å². The Kier molecular flexibility index (Phi) is 4.76.